The molecule has 1 aliphatic heterocycles. The maximum atomic E-state index is 13.7. The Labute approximate surface area is 318 Å². The minimum absolute atomic E-state index is 0.0160. The summed E-state index contributed by atoms with van der Waals surface area (Å²) in [5, 5.41) is 12.5. The van der Waals surface area contributed by atoms with E-state index >= 15 is 0 Å². The molecule has 2 heterocycles. The third-order valence-corrected chi connectivity index (χ3v) is 11.3. The van der Waals surface area contributed by atoms with Gasteiger partial charge in [0.2, 0.25) is 15.9 Å². The first kappa shape index (κ1) is 39.0. The number of rotatable bonds is 15. The summed E-state index contributed by atoms with van der Waals surface area (Å²) in [6.45, 7) is 5.47. The van der Waals surface area contributed by atoms with Crippen LogP contribution < -0.4 is 10.0 Å². The number of likely N-dealkylation sites (N-methyl/N-ethyl adjacent to an activating group) is 1. The van der Waals surface area contributed by atoms with E-state index in [9.17, 15) is 18.3 Å². The number of hydrogen-bond acceptors (Lipinski definition) is 8. The van der Waals surface area contributed by atoms with Gasteiger partial charge in [-0.3, -0.25) is 9.78 Å². The average Bonchev–Trinajstić information content (AvgIpc) is 3.19. The number of pyridine rings is 1. The maximum Gasteiger partial charge on any atom is 0.242 e. The largest absolute Gasteiger partial charge is 0.392 e. The molecule has 0 saturated carbocycles. The smallest absolute Gasteiger partial charge is 0.242 e. The molecule has 54 heavy (non-hydrogen) atoms. The molecule has 1 aliphatic rings. The molecule has 1 aromatic heterocycles. The molecule has 0 radical (unpaired) electrons. The van der Waals surface area contributed by atoms with Gasteiger partial charge < -0.3 is 24.8 Å². The van der Waals surface area contributed by atoms with E-state index in [0.29, 0.717) is 12.2 Å². The first-order valence-electron chi connectivity index (χ1n) is 18.2. The van der Waals surface area contributed by atoms with Gasteiger partial charge in [0.05, 0.1) is 23.7 Å². The van der Waals surface area contributed by atoms with Gasteiger partial charge in [-0.05, 0) is 73.5 Å². The van der Waals surface area contributed by atoms with Crippen molar-refractivity contribution in [1.29, 1.82) is 0 Å². The van der Waals surface area contributed by atoms with Crippen molar-refractivity contribution in [2.45, 2.75) is 62.7 Å². The summed E-state index contributed by atoms with van der Waals surface area (Å²) in [5.41, 5.74) is 5.88. The zero-order chi connectivity index (χ0) is 38.1. The van der Waals surface area contributed by atoms with Crippen molar-refractivity contribution >= 4 is 21.6 Å². The van der Waals surface area contributed by atoms with Crippen LogP contribution in [0.2, 0.25) is 0 Å². The normalized spacial score (nSPS) is 19.4. The third kappa shape index (κ3) is 10.3. The van der Waals surface area contributed by atoms with E-state index in [1.54, 1.807) is 24.3 Å². The lowest BCUT2D eigenvalue weighted by Crippen LogP contribution is -2.45. The van der Waals surface area contributed by atoms with E-state index in [0.717, 1.165) is 46.5 Å². The molecule has 10 nitrogen and oxygen atoms in total. The number of carbonyl (C=O) groups is 1. The van der Waals surface area contributed by atoms with Crippen LogP contribution in [0.5, 0.6) is 0 Å². The highest BCUT2D eigenvalue weighted by molar-refractivity contribution is 7.89. The molecule has 11 heteroatoms. The lowest BCUT2D eigenvalue weighted by atomic mass is 9.90. The Morgan fingerprint density at radius 2 is 1.54 bits per heavy atom. The second-order valence-electron chi connectivity index (χ2n) is 13.9. The predicted molar refractivity (Wildman–Crippen MR) is 209 cm³/mol. The molecule has 1 amide bonds. The maximum absolute atomic E-state index is 13.7. The topological polar surface area (TPSA) is 130 Å². The molecule has 282 valence electrons. The van der Waals surface area contributed by atoms with E-state index in [-0.39, 0.29) is 36.0 Å². The van der Waals surface area contributed by atoms with E-state index in [2.05, 4.69) is 33.9 Å². The molecule has 4 aromatic carbocycles. The Balaban J connectivity index is 1.18. The van der Waals surface area contributed by atoms with Gasteiger partial charge in [-0.1, -0.05) is 97.4 Å². The summed E-state index contributed by atoms with van der Waals surface area (Å²) < 4.78 is 42.6. The molecule has 5 aromatic rings. The summed E-state index contributed by atoms with van der Waals surface area (Å²) >= 11 is 0. The molecule has 0 spiro atoms. The Kier molecular flexibility index (Phi) is 13.0. The number of nitrogens with zero attached hydrogens (tertiary/aromatic N) is 2. The number of nitrogens with one attached hydrogen (secondary N) is 2. The number of benzene rings is 4. The number of anilines is 1. The van der Waals surface area contributed by atoms with Gasteiger partial charge in [0.1, 0.15) is 6.04 Å². The zero-order valence-corrected chi connectivity index (χ0v) is 31.7. The molecule has 6 rings (SSSR count). The summed E-state index contributed by atoms with van der Waals surface area (Å²) in [6, 6.07) is 35.7. The van der Waals surface area contributed by atoms with Crippen LogP contribution in [0.3, 0.4) is 0 Å². The fourth-order valence-electron chi connectivity index (χ4n) is 6.54. The first-order chi connectivity index (χ1) is 26.1. The summed E-state index contributed by atoms with van der Waals surface area (Å²) in [6.07, 6.45) is 1.66. The van der Waals surface area contributed by atoms with Gasteiger partial charge in [0, 0.05) is 48.6 Å². The highest BCUT2D eigenvalue weighted by Crippen LogP contribution is 2.42. The van der Waals surface area contributed by atoms with Gasteiger partial charge in [0.25, 0.3) is 0 Å². The quantitative estimate of drug-likeness (QED) is 0.113. The van der Waals surface area contributed by atoms with Crippen molar-refractivity contribution in [3.8, 4) is 0 Å². The number of sulfonamides is 1. The monoisotopic (exact) mass is 748 g/mol. The van der Waals surface area contributed by atoms with Gasteiger partial charge in [0.15, 0.2) is 6.29 Å². The minimum atomic E-state index is -3.99. The molecule has 1 fully saturated rings. The first-order valence-corrected chi connectivity index (χ1v) is 19.7. The molecular formula is C43H48N4O6S. The van der Waals surface area contributed by atoms with Gasteiger partial charge in [-0.2, -0.15) is 4.72 Å². The Morgan fingerprint density at radius 3 is 2.20 bits per heavy atom. The van der Waals surface area contributed by atoms with Crippen molar-refractivity contribution in [3.05, 3.63) is 161 Å². The molecule has 3 N–H and O–H groups in total. The zero-order valence-electron chi connectivity index (χ0n) is 30.8. The molecule has 5 atom stereocenters. The van der Waals surface area contributed by atoms with E-state index in [4.69, 9.17) is 9.47 Å². The highest BCUT2D eigenvalue weighted by Gasteiger charge is 2.39. The van der Waals surface area contributed by atoms with Crippen LogP contribution in [0, 0.1) is 12.8 Å². The van der Waals surface area contributed by atoms with Crippen LogP contribution in [0.1, 0.15) is 52.8 Å². The van der Waals surface area contributed by atoms with Crippen LogP contribution >= 0.6 is 0 Å². The van der Waals surface area contributed by atoms with E-state index in [1.807, 2.05) is 98.0 Å². The van der Waals surface area contributed by atoms with Crippen molar-refractivity contribution in [1.82, 2.24) is 14.6 Å². The molecule has 0 bridgehead atoms. The fraction of sp³-hybridized carbons (Fsp3) is 0.302. The molecular weight excluding hydrogens is 701 g/mol. The van der Waals surface area contributed by atoms with Crippen LogP contribution in [0.25, 0.3) is 0 Å². The Morgan fingerprint density at radius 1 is 0.852 bits per heavy atom. The lowest BCUT2D eigenvalue weighted by Gasteiger charge is -2.42. The van der Waals surface area contributed by atoms with Crippen molar-refractivity contribution in [3.63, 3.8) is 0 Å². The number of amides is 1. The van der Waals surface area contributed by atoms with Gasteiger partial charge in [-0.25, -0.2) is 8.42 Å². The molecule has 1 saturated heterocycles. The number of hydrogen-bond donors (Lipinski definition) is 3. The second kappa shape index (κ2) is 18.1. The Hall–Kier alpha value is -4.75. The number of aliphatic hydroxyl groups excluding tert-OH is 1. The van der Waals surface area contributed by atoms with Crippen LogP contribution in [-0.4, -0.2) is 61.6 Å². The van der Waals surface area contributed by atoms with Crippen molar-refractivity contribution in [2.24, 2.45) is 5.92 Å². The summed E-state index contributed by atoms with van der Waals surface area (Å²) in [5.74, 6) is -0.469. The second-order valence-corrected chi connectivity index (χ2v) is 15.7. The highest BCUT2D eigenvalue weighted by atomic mass is 32.2. The van der Waals surface area contributed by atoms with Crippen molar-refractivity contribution in [2.75, 3.05) is 25.5 Å². The lowest BCUT2D eigenvalue weighted by molar-refractivity contribution is -0.275. The summed E-state index contributed by atoms with van der Waals surface area (Å²) in [7, 11) is -1.91. The number of carbonyl (C=O) groups excluding carboxylic acids is 1. The van der Waals surface area contributed by atoms with Gasteiger partial charge >= 0.3 is 0 Å². The number of aromatic nitrogens is 1. The molecule has 0 aliphatic carbocycles. The minimum Gasteiger partial charge on any atom is -0.392 e. The van der Waals surface area contributed by atoms with Crippen LogP contribution in [0.4, 0.5) is 5.69 Å². The third-order valence-electron chi connectivity index (χ3n) is 9.77. The van der Waals surface area contributed by atoms with E-state index < -0.39 is 28.3 Å². The SMILES string of the molecule is Cc1ccc(S(=O)(=O)NC(Cc2ccccc2)C(=O)Nc2ccc(C3OC(CN(C)CCc4ccccn4)C(C)C(c4ccc(CO)cc4)O3)cc2)cc1. The van der Waals surface area contributed by atoms with E-state index in [1.165, 1.54) is 12.1 Å². The van der Waals surface area contributed by atoms with Gasteiger partial charge in [-0.15, -0.1) is 0 Å². The number of aryl methyl sites for hydroxylation is 1. The average molecular weight is 749 g/mol. The number of ether oxygens (including phenoxy) is 2. The number of aliphatic hydroxyl groups is 1. The standard InChI is InChI=1S/C43H48N4O6S/c1-30-12-22-38(23-13-30)54(50,51)46-39(27-32-9-5-4-6-10-32)42(49)45-37-20-18-35(19-21-37)43-52-40(28-47(3)26-24-36-11-7-8-25-44-36)31(2)41(53-43)34-16-14-33(29-48)15-17-34/h4-23,25,31,39-41,43,46,48H,24,26-29H2,1-3H3,(H,45,49). The van der Waals surface area contributed by atoms with Crippen molar-refractivity contribution < 1.29 is 27.8 Å². The fourth-order valence-corrected chi connectivity index (χ4v) is 7.74. The molecule has 5 unspecified atom stereocenters. The van der Waals surface area contributed by atoms with Crippen LogP contribution in [0.15, 0.2) is 132 Å². The summed E-state index contributed by atoms with van der Waals surface area (Å²) in [4.78, 5) is 20.5. The van der Waals surface area contributed by atoms with Crippen LogP contribution in [-0.2, 0) is 43.7 Å². The Bertz CT molecular complexity index is 2050. The predicted octanol–water partition coefficient (Wildman–Crippen LogP) is 6.38.